The van der Waals surface area contributed by atoms with E-state index in [4.69, 9.17) is 5.11 Å². The molecule has 154 valence electrons. The van der Waals surface area contributed by atoms with E-state index in [0.717, 1.165) is 23.5 Å². The van der Waals surface area contributed by atoms with Crippen LogP contribution in [0.25, 0.3) is 0 Å². The van der Waals surface area contributed by atoms with E-state index in [1.807, 2.05) is 37.3 Å². The molecular formula is C21H28O5S2. The topological polar surface area (TPSA) is 94.8 Å². The Bertz CT molecular complexity index is 664. The van der Waals surface area contributed by atoms with Crippen molar-refractivity contribution in [3.05, 3.63) is 48.0 Å². The molecule has 0 spiro atoms. The molecule has 1 aliphatic rings. The average molecular weight is 425 g/mol. The molecule has 1 fully saturated rings. The number of Topliss-reactive ketones (excluding diaryl/α,β-unsaturated/α-hetero) is 1. The molecule has 5 nitrogen and oxygen atoms in total. The van der Waals surface area contributed by atoms with Gasteiger partial charge in [0.05, 0.1) is 23.2 Å². The summed E-state index contributed by atoms with van der Waals surface area (Å²) in [6.45, 7) is 1.95. The zero-order valence-corrected chi connectivity index (χ0v) is 17.6. The fourth-order valence-corrected chi connectivity index (χ4v) is 5.39. The van der Waals surface area contributed by atoms with Gasteiger partial charge in [-0.1, -0.05) is 49.4 Å². The minimum Gasteiger partial charge on any atom is -0.481 e. The summed E-state index contributed by atoms with van der Waals surface area (Å²) in [4.78, 5) is 22.7. The van der Waals surface area contributed by atoms with Gasteiger partial charge in [0.1, 0.15) is 5.78 Å². The number of thioether (sulfide) groups is 2. The summed E-state index contributed by atoms with van der Waals surface area (Å²) in [6, 6.07) is 9.74. The van der Waals surface area contributed by atoms with Crippen molar-refractivity contribution in [3.63, 3.8) is 0 Å². The number of rotatable bonds is 11. The van der Waals surface area contributed by atoms with Crippen LogP contribution >= 0.6 is 23.5 Å². The first-order valence-electron chi connectivity index (χ1n) is 9.43. The van der Waals surface area contributed by atoms with E-state index in [0.29, 0.717) is 0 Å². The molecule has 3 N–H and O–H groups in total. The average Bonchev–Trinajstić information content (AvgIpc) is 2.95. The molecule has 0 aromatic heterocycles. The van der Waals surface area contributed by atoms with Gasteiger partial charge in [0, 0.05) is 18.3 Å². The molecule has 1 aliphatic carbocycles. The number of aliphatic hydroxyl groups excluding tert-OH is 2. The van der Waals surface area contributed by atoms with E-state index in [9.17, 15) is 19.8 Å². The lowest BCUT2D eigenvalue weighted by molar-refractivity contribution is -0.133. The molecule has 1 aromatic rings. The molecule has 1 aromatic carbocycles. The fraction of sp³-hybridized carbons (Fsp3) is 0.524. The molecule has 0 radical (unpaired) electrons. The summed E-state index contributed by atoms with van der Waals surface area (Å²) in [5, 5.41) is 29.1. The highest BCUT2D eigenvalue weighted by Crippen LogP contribution is 2.35. The Labute approximate surface area is 174 Å². The molecule has 2 rings (SSSR count). The third-order valence-corrected chi connectivity index (χ3v) is 7.33. The number of hydrogen-bond donors (Lipinski definition) is 3. The van der Waals surface area contributed by atoms with Gasteiger partial charge in [0.2, 0.25) is 0 Å². The van der Waals surface area contributed by atoms with Gasteiger partial charge in [-0.05, 0) is 23.5 Å². The zero-order valence-electron chi connectivity index (χ0n) is 15.9. The predicted octanol–water partition coefficient (Wildman–Crippen LogP) is 2.97. The summed E-state index contributed by atoms with van der Waals surface area (Å²) in [5.41, 5.74) is 1.03. The summed E-state index contributed by atoms with van der Waals surface area (Å²) in [6.07, 6.45) is 3.03. The summed E-state index contributed by atoms with van der Waals surface area (Å²) in [7, 11) is 0. The lowest BCUT2D eigenvalue weighted by atomic mass is 9.94. The normalized spacial score (nSPS) is 24.5. The van der Waals surface area contributed by atoms with Gasteiger partial charge in [0.25, 0.3) is 0 Å². The van der Waals surface area contributed by atoms with Gasteiger partial charge in [-0.25, -0.2) is 0 Å². The van der Waals surface area contributed by atoms with Crippen molar-refractivity contribution in [2.24, 2.45) is 5.92 Å². The largest absolute Gasteiger partial charge is 0.481 e. The molecular weight excluding hydrogens is 396 g/mol. The summed E-state index contributed by atoms with van der Waals surface area (Å²) in [5.74, 6) is 0.399. The van der Waals surface area contributed by atoms with Crippen molar-refractivity contribution in [1.29, 1.82) is 0 Å². The van der Waals surface area contributed by atoms with Gasteiger partial charge < -0.3 is 15.3 Å². The van der Waals surface area contributed by atoms with Crippen LogP contribution in [0, 0.1) is 5.92 Å². The highest BCUT2D eigenvalue weighted by atomic mass is 32.2. The Balaban J connectivity index is 1.87. The number of hydrogen-bond acceptors (Lipinski definition) is 6. The second-order valence-electron chi connectivity index (χ2n) is 6.98. The van der Waals surface area contributed by atoms with E-state index >= 15 is 0 Å². The van der Waals surface area contributed by atoms with Gasteiger partial charge in [-0.2, -0.15) is 11.8 Å². The molecule has 0 heterocycles. The molecule has 5 atom stereocenters. The fourth-order valence-electron chi connectivity index (χ4n) is 3.20. The van der Waals surface area contributed by atoms with Gasteiger partial charge in [-0.15, -0.1) is 11.8 Å². The minimum atomic E-state index is -0.819. The van der Waals surface area contributed by atoms with Crippen LogP contribution in [0.5, 0.6) is 0 Å². The molecule has 0 amide bonds. The molecule has 0 saturated heterocycles. The quantitative estimate of drug-likeness (QED) is 0.371. The van der Waals surface area contributed by atoms with Crippen molar-refractivity contribution in [2.45, 2.75) is 43.1 Å². The Hall–Kier alpha value is -1.28. The number of ketones is 1. The number of carboxylic acid groups (broad SMARTS) is 1. The Morgan fingerprint density at radius 2 is 2.00 bits per heavy atom. The van der Waals surface area contributed by atoms with Crippen molar-refractivity contribution in [1.82, 2.24) is 0 Å². The van der Waals surface area contributed by atoms with Crippen LogP contribution in [0.1, 0.15) is 31.2 Å². The number of aliphatic carboxylic acids is 1. The van der Waals surface area contributed by atoms with Gasteiger partial charge in [0.15, 0.2) is 0 Å². The van der Waals surface area contributed by atoms with Crippen molar-refractivity contribution >= 4 is 35.3 Å². The van der Waals surface area contributed by atoms with Gasteiger partial charge >= 0.3 is 5.97 Å². The van der Waals surface area contributed by atoms with E-state index in [1.165, 1.54) is 23.5 Å². The molecule has 0 aliphatic heterocycles. The van der Waals surface area contributed by atoms with Crippen molar-refractivity contribution in [2.75, 3.05) is 17.3 Å². The van der Waals surface area contributed by atoms with Crippen LogP contribution in [0.4, 0.5) is 0 Å². The first kappa shape index (κ1) is 23.0. The van der Waals surface area contributed by atoms with Crippen molar-refractivity contribution in [3.8, 4) is 0 Å². The first-order valence-corrected chi connectivity index (χ1v) is 11.6. The second-order valence-corrected chi connectivity index (χ2v) is 9.34. The lowest BCUT2D eigenvalue weighted by Gasteiger charge is -2.20. The second kappa shape index (κ2) is 11.7. The number of carbonyl (C=O) groups excluding carboxylic acids is 1. The van der Waals surface area contributed by atoms with E-state index < -0.39 is 18.2 Å². The molecule has 0 bridgehead atoms. The Morgan fingerprint density at radius 1 is 1.29 bits per heavy atom. The molecule has 2 unspecified atom stereocenters. The highest BCUT2D eigenvalue weighted by Gasteiger charge is 2.40. The predicted molar refractivity (Wildman–Crippen MR) is 115 cm³/mol. The third-order valence-electron chi connectivity index (χ3n) is 4.85. The van der Waals surface area contributed by atoms with Crippen LogP contribution in [0.15, 0.2) is 42.5 Å². The van der Waals surface area contributed by atoms with Crippen LogP contribution in [0.2, 0.25) is 0 Å². The zero-order chi connectivity index (χ0) is 20.5. The maximum atomic E-state index is 12.2. The molecule has 28 heavy (non-hydrogen) atoms. The Morgan fingerprint density at radius 3 is 2.68 bits per heavy atom. The first-order chi connectivity index (χ1) is 13.4. The van der Waals surface area contributed by atoms with Crippen molar-refractivity contribution < 1.29 is 24.9 Å². The van der Waals surface area contributed by atoms with E-state index in [2.05, 4.69) is 0 Å². The lowest BCUT2D eigenvalue weighted by Crippen LogP contribution is -2.22. The molecule has 7 heteroatoms. The number of aliphatic hydroxyl groups is 2. The smallest absolute Gasteiger partial charge is 0.313 e. The standard InChI is InChI=1S/C21H28O5S2/c1-14(15-6-3-2-4-7-15)17(22)9-8-16-18(23)12-19(24)21(16)28-11-5-10-27-13-20(25)26/h2-4,6-9,14,16-18,21-23H,5,10-13H2,1H3,(H,25,26)/b9-8+/t14?,16-,17?,18+,21+/m0/s1. The maximum absolute atomic E-state index is 12.2. The minimum absolute atomic E-state index is 0.0379. The summed E-state index contributed by atoms with van der Waals surface area (Å²) < 4.78 is 0. The SMILES string of the molecule is CC(c1ccccc1)C(O)/C=C/[C@H]1[C@H](O)CC(=O)[C@@H]1SCCCSCC(=O)O. The van der Waals surface area contributed by atoms with E-state index in [1.54, 1.807) is 12.2 Å². The third kappa shape index (κ3) is 6.95. The Kier molecular flexibility index (Phi) is 9.58. The van der Waals surface area contributed by atoms with Crippen LogP contribution in [-0.4, -0.2) is 61.8 Å². The molecule has 1 saturated carbocycles. The number of benzene rings is 1. The van der Waals surface area contributed by atoms with Gasteiger partial charge in [-0.3, -0.25) is 9.59 Å². The van der Waals surface area contributed by atoms with Crippen LogP contribution < -0.4 is 0 Å². The number of carboxylic acids is 1. The monoisotopic (exact) mass is 424 g/mol. The summed E-state index contributed by atoms with van der Waals surface area (Å²) >= 11 is 2.88. The number of carbonyl (C=O) groups is 2. The maximum Gasteiger partial charge on any atom is 0.313 e. The van der Waals surface area contributed by atoms with Crippen LogP contribution in [-0.2, 0) is 9.59 Å². The van der Waals surface area contributed by atoms with Crippen LogP contribution in [0.3, 0.4) is 0 Å². The van der Waals surface area contributed by atoms with E-state index in [-0.39, 0.29) is 35.0 Å². The highest BCUT2D eigenvalue weighted by molar-refractivity contribution is 8.01.